The lowest BCUT2D eigenvalue weighted by Gasteiger charge is -2.29. The SMILES string of the molecule is CS(=O)(=O)N1CCC(C(=O)NCc2cc(-c3ccc(F)cc3F)on2)CC1. The number of halogens is 2. The molecular weight excluding hydrogens is 380 g/mol. The molecule has 3 rings (SSSR count). The Balaban J connectivity index is 1.55. The van der Waals surface area contributed by atoms with Gasteiger partial charge in [-0.25, -0.2) is 21.5 Å². The summed E-state index contributed by atoms with van der Waals surface area (Å²) in [4.78, 5) is 12.3. The standard InChI is InChI=1S/C17H19F2N3O4S/c1-27(24,25)22-6-4-11(5-7-22)17(23)20-10-13-9-16(26-21-13)14-3-2-12(18)8-15(14)19/h2-3,8-9,11H,4-7,10H2,1H3,(H,20,23). The summed E-state index contributed by atoms with van der Waals surface area (Å²) in [5.74, 6) is -1.78. The van der Waals surface area contributed by atoms with Gasteiger partial charge in [-0.05, 0) is 25.0 Å². The molecule has 2 aromatic rings. The summed E-state index contributed by atoms with van der Waals surface area (Å²) in [6.45, 7) is 0.723. The van der Waals surface area contributed by atoms with E-state index in [2.05, 4.69) is 10.5 Å². The van der Waals surface area contributed by atoms with Crippen LogP contribution in [-0.4, -0.2) is 43.1 Å². The van der Waals surface area contributed by atoms with E-state index in [1.54, 1.807) is 0 Å². The molecule has 10 heteroatoms. The Morgan fingerprint density at radius 2 is 2.00 bits per heavy atom. The van der Waals surface area contributed by atoms with Crippen LogP contribution in [0.2, 0.25) is 0 Å². The molecule has 1 aliphatic heterocycles. The molecule has 0 saturated carbocycles. The predicted octanol–water partition coefficient (Wildman–Crippen LogP) is 1.91. The summed E-state index contributed by atoms with van der Waals surface area (Å²) in [5, 5.41) is 6.51. The van der Waals surface area contributed by atoms with Gasteiger partial charge in [0.15, 0.2) is 5.76 Å². The molecule has 1 aromatic heterocycles. The number of nitrogens with zero attached hydrogens (tertiary/aromatic N) is 2. The number of nitrogens with one attached hydrogen (secondary N) is 1. The maximum absolute atomic E-state index is 13.8. The number of hydrogen-bond donors (Lipinski definition) is 1. The minimum atomic E-state index is -3.24. The second-order valence-electron chi connectivity index (χ2n) is 6.46. The van der Waals surface area contributed by atoms with Gasteiger partial charge in [0.1, 0.15) is 17.3 Å². The summed E-state index contributed by atoms with van der Waals surface area (Å²) < 4.78 is 56.2. The molecule has 0 unspecified atom stereocenters. The first kappa shape index (κ1) is 19.4. The number of sulfonamides is 1. The van der Waals surface area contributed by atoms with Gasteiger partial charge in [0.05, 0.1) is 18.4 Å². The van der Waals surface area contributed by atoms with Gasteiger partial charge >= 0.3 is 0 Å². The number of benzene rings is 1. The molecular formula is C17H19F2N3O4S. The average Bonchev–Trinajstić information content (AvgIpc) is 3.07. The number of aromatic nitrogens is 1. The van der Waals surface area contributed by atoms with Crippen molar-refractivity contribution in [2.24, 2.45) is 5.92 Å². The lowest BCUT2D eigenvalue weighted by Crippen LogP contribution is -2.42. The van der Waals surface area contributed by atoms with Crippen molar-refractivity contribution in [1.29, 1.82) is 0 Å². The average molecular weight is 399 g/mol. The Hall–Kier alpha value is -2.33. The molecule has 7 nitrogen and oxygen atoms in total. The Morgan fingerprint density at radius 3 is 2.63 bits per heavy atom. The fourth-order valence-electron chi connectivity index (χ4n) is 2.98. The Bertz CT molecular complexity index is 937. The Kier molecular flexibility index (Phi) is 5.56. The quantitative estimate of drug-likeness (QED) is 0.829. The van der Waals surface area contributed by atoms with Crippen molar-refractivity contribution in [3.63, 3.8) is 0 Å². The van der Waals surface area contributed by atoms with Crippen LogP contribution in [0, 0.1) is 17.6 Å². The second-order valence-corrected chi connectivity index (χ2v) is 8.44. The van der Waals surface area contributed by atoms with Crippen LogP contribution >= 0.6 is 0 Å². The number of piperidine rings is 1. The second kappa shape index (κ2) is 7.73. The van der Waals surface area contributed by atoms with E-state index >= 15 is 0 Å². The molecule has 2 heterocycles. The number of carbonyl (C=O) groups is 1. The highest BCUT2D eigenvalue weighted by Crippen LogP contribution is 2.24. The van der Waals surface area contributed by atoms with E-state index in [1.165, 1.54) is 16.4 Å². The summed E-state index contributed by atoms with van der Waals surface area (Å²) in [6, 6.07) is 4.60. The van der Waals surface area contributed by atoms with Crippen molar-refractivity contribution in [2.75, 3.05) is 19.3 Å². The van der Waals surface area contributed by atoms with E-state index in [9.17, 15) is 22.0 Å². The van der Waals surface area contributed by atoms with Gasteiger partial charge in [-0.15, -0.1) is 0 Å². The maximum atomic E-state index is 13.8. The number of hydrogen-bond acceptors (Lipinski definition) is 5. The van der Waals surface area contributed by atoms with Crippen molar-refractivity contribution >= 4 is 15.9 Å². The molecule has 1 saturated heterocycles. The van der Waals surface area contributed by atoms with Gasteiger partial charge in [-0.2, -0.15) is 0 Å². The van der Waals surface area contributed by atoms with Crippen LogP contribution < -0.4 is 5.32 Å². The molecule has 0 aliphatic carbocycles. The van der Waals surface area contributed by atoms with E-state index in [1.807, 2.05) is 0 Å². The van der Waals surface area contributed by atoms with E-state index in [0.717, 1.165) is 18.4 Å². The maximum Gasteiger partial charge on any atom is 0.223 e. The molecule has 0 bridgehead atoms. The van der Waals surface area contributed by atoms with Crippen molar-refractivity contribution in [1.82, 2.24) is 14.8 Å². The number of carbonyl (C=O) groups excluding carboxylic acids is 1. The van der Waals surface area contributed by atoms with Gasteiger partial charge < -0.3 is 9.84 Å². The van der Waals surface area contributed by atoms with Crippen LogP contribution in [-0.2, 0) is 21.4 Å². The summed E-state index contributed by atoms with van der Waals surface area (Å²) in [7, 11) is -3.24. The van der Waals surface area contributed by atoms with Gasteiger partial charge in [0.25, 0.3) is 0 Å². The molecule has 1 N–H and O–H groups in total. The minimum absolute atomic E-state index is 0.0784. The van der Waals surface area contributed by atoms with Crippen LogP contribution in [0.5, 0.6) is 0 Å². The Labute approximate surface area is 155 Å². The fraction of sp³-hybridized carbons (Fsp3) is 0.412. The predicted molar refractivity (Wildman–Crippen MR) is 92.8 cm³/mol. The first-order chi connectivity index (χ1) is 12.7. The number of amides is 1. The zero-order chi connectivity index (χ0) is 19.6. The zero-order valence-electron chi connectivity index (χ0n) is 14.6. The molecule has 27 heavy (non-hydrogen) atoms. The van der Waals surface area contributed by atoms with E-state index in [4.69, 9.17) is 4.52 Å². The molecule has 0 atom stereocenters. The highest BCUT2D eigenvalue weighted by atomic mass is 32.2. The number of rotatable bonds is 5. The summed E-state index contributed by atoms with van der Waals surface area (Å²) in [5.41, 5.74) is 0.477. The van der Waals surface area contributed by atoms with Crippen LogP contribution in [0.4, 0.5) is 8.78 Å². The molecule has 1 aromatic carbocycles. The largest absolute Gasteiger partial charge is 0.356 e. The normalized spacial score (nSPS) is 16.4. The molecule has 1 fully saturated rings. The van der Waals surface area contributed by atoms with Crippen molar-refractivity contribution in [3.8, 4) is 11.3 Å². The first-order valence-electron chi connectivity index (χ1n) is 8.38. The van der Waals surface area contributed by atoms with E-state index in [0.29, 0.717) is 31.6 Å². The first-order valence-corrected chi connectivity index (χ1v) is 10.2. The molecule has 1 amide bonds. The van der Waals surface area contributed by atoms with Crippen LogP contribution in [0.1, 0.15) is 18.5 Å². The van der Waals surface area contributed by atoms with E-state index in [-0.39, 0.29) is 29.7 Å². The van der Waals surface area contributed by atoms with Gasteiger partial charge in [-0.3, -0.25) is 4.79 Å². The van der Waals surface area contributed by atoms with Crippen LogP contribution in [0.25, 0.3) is 11.3 Å². The van der Waals surface area contributed by atoms with Crippen molar-refractivity contribution < 1.29 is 26.5 Å². The Morgan fingerprint density at radius 1 is 1.30 bits per heavy atom. The van der Waals surface area contributed by atoms with Crippen LogP contribution in [0.15, 0.2) is 28.8 Å². The smallest absolute Gasteiger partial charge is 0.223 e. The minimum Gasteiger partial charge on any atom is -0.356 e. The molecule has 146 valence electrons. The highest BCUT2D eigenvalue weighted by molar-refractivity contribution is 7.88. The summed E-state index contributed by atoms with van der Waals surface area (Å²) >= 11 is 0. The zero-order valence-corrected chi connectivity index (χ0v) is 15.4. The lowest BCUT2D eigenvalue weighted by atomic mass is 9.97. The van der Waals surface area contributed by atoms with Crippen LogP contribution in [0.3, 0.4) is 0 Å². The van der Waals surface area contributed by atoms with Crippen molar-refractivity contribution in [2.45, 2.75) is 19.4 Å². The fourth-order valence-corrected chi connectivity index (χ4v) is 3.86. The third-order valence-electron chi connectivity index (χ3n) is 4.49. The lowest BCUT2D eigenvalue weighted by molar-refractivity contribution is -0.126. The van der Waals surface area contributed by atoms with E-state index < -0.39 is 21.7 Å². The van der Waals surface area contributed by atoms with Gasteiger partial charge in [0, 0.05) is 31.1 Å². The monoisotopic (exact) mass is 399 g/mol. The molecule has 0 radical (unpaired) electrons. The van der Waals surface area contributed by atoms with Gasteiger partial charge in [0.2, 0.25) is 15.9 Å². The summed E-state index contributed by atoms with van der Waals surface area (Å²) in [6.07, 6.45) is 2.05. The third-order valence-corrected chi connectivity index (χ3v) is 5.80. The third kappa shape index (κ3) is 4.69. The topological polar surface area (TPSA) is 92.5 Å². The molecule has 1 aliphatic rings. The van der Waals surface area contributed by atoms with Crippen molar-refractivity contribution in [3.05, 3.63) is 41.6 Å². The highest BCUT2D eigenvalue weighted by Gasteiger charge is 2.28. The molecule has 0 spiro atoms. The van der Waals surface area contributed by atoms with Gasteiger partial charge in [-0.1, -0.05) is 5.16 Å².